The zero-order chi connectivity index (χ0) is 54.2. The summed E-state index contributed by atoms with van der Waals surface area (Å²) in [4.78, 5) is 2.11. The van der Waals surface area contributed by atoms with Crippen molar-refractivity contribution in [3.63, 3.8) is 0 Å². The molecule has 0 aliphatic carbocycles. The number of nitrogens with one attached hydrogen (secondary N) is 2. The van der Waals surface area contributed by atoms with E-state index in [4.69, 9.17) is 48.5 Å². The molecule has 78 heavy (non-hydrogen) atoms. The third-order valence-electron chi connectivity index (χ3n) is 9.22. The molecule has 2 aromatic heterocycles. The zero-order valence-corrected chi connectivity index (χ0v) is 47.5. The van der Waals surface area contributed by atoms with E-state index in [9.17, 15) is 49.4 Å². The summed E-state index contributed by atoms with van der Waals surface area (Å²) in [5, 5.41) is 43.2. The Morgan fingerprint density at radius 1 is 0.615 bits per heavy atom. The van der Waals surface area contributed by atoms with Gasteiger partial charge in [0.05, 0.1) is 31.3 Å². The fourth-order valence-corrected chi connectivity index (χ4v) is 9.58. The monoisotopic (exact) mass is 1180 g/mol. The van der Waals surface area contributed by atoms with Gasteiger partial charge >= 0.3 is 116 Å². The van der Waals surface area contributed by atoms with Crippen LogP contribution in [0.1, 0.15) is 22.3 Å². The third-order valence-corrected chi connectivity index (χ3v) is 13.5. The predicted octanol–water partition coefficient (Wildman–Crippen LogP) is -6.73. The summed E-state index contributed by atoms with van der Waals surface area (Å²) in [6.07, 6.45) is 0. The van der Waals surface area contributed by atoms with Crippen molar-refractivity contribution >= 4 is 141 Å². The van der Waals surface area contributed by atoms with Crippen LogP contribution in [0.4, 0.5) is 44.4 Å². The van der Waals surface area contributed by atoms with Crippen molar-refractivity contribution in [1.82, 2.24) is 4.98 Å². The van der Waals surface area contributed by atoms with E-state index in [0.717, 1.165) is 47.2 Å². The first-order valence-corrected chi connectivity index (χ1v) is 26.7. The molecule has 0 saturated heterocycles. The number of aryl methyl sites for hydroxylation is 1. The Labute approximate surface area is 521 Å². The van der Waals surface area contributed by atoms with Gasteiger partial charge in [0.25, 0.3) is 0 Å². The van der Waals surface area contributed by atoms with Gasteiger partial charge in [-0.15, -0.1) is 74.2 Å². The first-order valence-electron chi connectivity index (χ1n) is 18.9. The zero-order valence-electron chi connectivity index (χ0n) is 41.0. The van der Waals surface area contributed by atoms with Gasteiger partial charge in [-0.25, -0.2) is 21.8 Å². The third kappa shape index (κ3) is 19.7. The van der Waals surface area contributed by atoms with Gasteiger partial charge in [0.2, 0.25) is 0 Å². The van der Waals surface area contributed by atoms with Gasteiger partial charge in [0, 0.05) is 21.7 Å². The van der Waals surface area contributed by atoms with Gasteiger partial charge < -0.3 is 24.3 Å². The molecule has 2 N–H and O–H groups in total. The molecule has 0 unspecified atom stereocenters. The fourth-order valence-electron chi connectivity index (χ4n) is 6.21. The van der Waals surface area contributed by atoms with Gasteiger partial charge in [-0.05, 0) is 54.6 Å². The summed E-state index contributed by atoms with van der Waals surface area (Å²) in [5.41, 5.74) is 1.68. The van der Waals surface area contributed by atoms with Crippen LogP contribution in [-0.4, -0.2) is 69.1 Å². The SMILES string of the molecule is Cc1ccc(-c2c(N=Nc3cc(S(=O)(=O)[O-])c4c[c-]cc(S(=O)(=O)[O-])c4c3)sc(N=Nc3c(Nc4c[c-]c(Cl)cc4)nc(Nc4ccc(Cl)c(S(=O)(=O)[O-])c4)c(C#N)c3C)c2C#N)cc1.O=S(=O)=O.O=S(=O)=O.[Li+].[Li+].[Li+].[Li+].[Li+]. The van der Waals surface area contributed by atoms with Crippen molar-refractivity contribution in [3.05, 3.63) is 129 Å². The molecule has 0 spiro atoms. The summed E-state index contributed by atoms with van der Waals surface area (Å²) in [6.45, 7) is 3.36. The molecule has 0 aliphatic rings. The quantitative estimate of drug-likeness (QED) is 0.0497. The number of hydrogen-bond acceptors (Lipinski definition) is 25. The Morgan fingerprint density at radius 2 is 1.15 bits per heavy atom. The van der Waals surface area contributed by atoms with Crippen LogP contribution in [0.2, 0.25) is 10.0 Å². The molecule has 0 fully saturated rings. The van der Waals surface area contributed by atoms with Gasteiger partial charge in [0.1, 0.15) is 54.4 Å². The maximum absolute atomic E-state index is 12.3. The van der Waals surface area contributed by atoms with Gasteiger partial charge in [0.15, 0.2) is 10.8 Å². The molecular weight excluding hydrogens is 1160 g/mol. The second-order valence-electron chi connectivity index (χ2n) is 13.9. The summed E-state index contributed by atoms with van der Waals surface area (Å²) in [6, 6.07) is 28.2. The number of nitrogens with zero attached hydrogens (tertiary/aromatic N) is 7. The second-order valence-corrected chi connectivity index (χ2v) is 20.6. The minimum Gasteiger partial charge on any atom is -0.754 e. The Balaban J connectivity index is 0.00000427. The van der Waals surface area contributed by atoms with Gasteiger partial charge in [-0.1, -0.05) is 63.5 Å². The molecule has 37 heteroatoms. The van der Waals surface area contributed by atoms with Crippen molar-refractivity contribution < 1.29 is 158 Å². The van der Waals surface area contributed by atoms with Crippen LogP contribution in [0.5, 0.6) is 0 Å². The van der Waals surface area contributed by atoms with Crippen molar-refractivity contribution in [2.45, 2.75) is 28.5 Å². The molecular formula is C41H22Cl2Li5N9O15S6. The van der Waals surface area contributed by atoms with Crippen LogP contribution in [0.25, 0.3) is 21.9 Å². The summed E-state index contributed by atoms with van der Waals surface area (Å²) in [7, 11) is -21.7. The normalized spacial score (nSPS) is 10.7. The van der Waals surface area contributed by atoms with Gasteiger partial charge in [-0.3, -0.25) is 8.42 Å². The van der Waals surface area contributed by atoms with Crippen LogP contribution in [0.3, 0.4) is 0 Å². The fraction of sp³-hybridized carbons (Fsp3) is 0.0488. The first-order chi connectivity index (χ1) is 34.1. The molecule has 2 heterocycles. The molecule has 0 aliphatic heterocycles. The van der Waals surface area contributed by atoms with E-state index in [1.165, 1.54) is 31.2 Å². The van der Waals surface area contributed by atoms with E-state index in [2.05, 4.69) is 54.3 Å². The Bertz CT molecular complexity index is 4080. The number of azo groups is 2. The Kier molecular flexibility index (Phi) is 29.7. The largest absolute Gasteiger partial charge is 1.00 e. The maximum Gasteiger partial charge on any atom is 1.00 e. The van der Waals surface area contributed by atoms with Crippen LogP contribution in [0, 0.1) is 48.6 Å². The topological polar surface area (TPSA) is 408 Å². The smallest absolute Gasteiger partial charge is 0.754 e. The van der Waals surface area contributed by atoms with E-state index in [1.807, 2.05) is 13.0 Å². The number of thiophene rings is 1. The van der Waals surface area contributed by atoms with Crippen molar-refractivity contribution in [3.8, 4) is 23.3 Å². The molecule has 7 rings (SSSR count). The van der Waals surface area contributed by atoms with Crippen LogP contribution in [0.15, 0.2) is 120 Å². The average molecular weight is 1180 g/mol. The summed E-state index contributed by atoms with van der Waals surface area (Å²) >= 11 is 12.8. The number of halogens is 2. The van der Waals surface area contributed by atoms with Crippen molar-refractivity contribution in [2.24, 2.45) is 20.5 Å². The minimum atomic E-state index is -5.27. The number of anilines is 4. The van der Waals surface area contributed by atoms with Crippen LogP contribution >= 0.6 is 34.5 Å². The molecule has 0 bridgehead atoms. The molecule has 376 valence electrons. The second kappa shape index (κ2) is 31.5. The number of aromatic nitrogens is 1. The molecule has 24 nitrogen and oxygen atoms in total. The summed E-state index contributed by atoms with van der Waals surface area (Å²) in [5.74, 6) is -0.112. The van der Waals surface area contributed by atoms with E-state index in [-0.39, 0.29) is 166 Å². The molecule has 7 aromatic rings. The number of hydrogen-bond donors (Lipinski definition) is 2. The van der Waals surface area contributed by atoms with Crippen molar-refractivity contribution in [2.75, 3.05) is 10.6 Å². The minimum absolute atomic E-state index is 0. The standard InChI is InChI=1S/C41H25Cl2N9O9S4.5Li.2O3S/c1-21-6-8-23(9-7-21)36-31(20-45)40(62-41(36)52-49-27-16-29-28(34(18-27)64(56,57)58)4-3-5-33(29)63(53,54)55)51-50-37-22(2)30(19-44)38(48-39(37)46-25-12-10-24(42)11-13-25)47-26-14-15-32(43)35(17-26)65(59,60)61;;;;;;2*1-4(2)3/h4-10,12-18H,1-2H3,(H2,46,47,48)(H,53,54,55)(H,56,57,58)(H,59,60,61);;;;;;;/q-2;5*+1;;/p-3. The molecule has 5 aromatic carbocycles. The number of rotatable bonds is 12. The summed E-state index contributed by atoms with van der Waals surface area (Å²) < 4.78 is 160. The Hall–Kier alpha value is -4.47. The van der Waals surface area contributed by atoms with E-state index >= 15 is 0 Å². The number of pyridine rings is 1. The van der Waals surface area contributed by atoms with Gasteiger partial charge in [-0.2, -0.15) is 46.9 Å². The number of benzene rings is 5. The van der Waals surface area contributed by atoms with E-state index in [0.29, 0.717) is 16.3 Å². The molecule has 0 radical (unpaired) electrons. The average Bonchev–Trinajstić information content (AvgIpc) is 3.65. The predicted molar refractivity (Wildman–Crippen MR) is 256 cm³/mol. The number of nitriles is 2. The van der Waals surface area contributed by atoms with Crippen LogP contribution in [-0.2, 0) is 51.6 Å². The maximum atomic E-state index is 12.3. The van der Waals surface area contributed by atoms with E-state index in [1.54, 1.807) is 30.3 Å². The van der Waals surface area contributed by atoms with E-state index < -0.39 is 71.6 Å². The first kappa shape index (κ1) is 73.5. The molecule has 0 amide bonds. The number of fused-ring (bicyclic) bond motifs is 1. The molecule has 0 saturated carbocycles. The Morgan fingerprint density at radius 3 is 1.68 bits per heavy atom. The molecule has 0 atom stereocenters. The van der Waals surface area contributed by atoms with Crippen LogP contribution < -0.4 is 105 Å². The van der Waals surface area contributed by atoms with Crippen molar-refractivity contribution in [1.29, 1.82) is 10.5 Å².